The van der Waals surface area contributed by atoms with Crippen LogP contribution in [-0.2, 0) is 16.4 Å². The van der Waals surface area contributed by atoms with Crippen molar-refractivity contribution in [1.82, 2.24) is 9.71 Å². The van der Waals surface area contributed by atoms with E-state index in [1.54, 1.807) is 23.1 Å². The third-order valence-corrected chi connectivity index (χ3v) is 7.90. The van der Waals surface area contributed by atoms with Crippen LogP contribution in [0.15, 0.2) is 65.7 Å². The first-order chi connectivity index (χ1) is 17.0. The molecule has 0 spiro atoms. The van der Waals surface area contributed by atoms with Crippen molar-refractivity contribution in [3.8, 4) is 5.88 Å². The molecule has 3 aromatic rings. The van der Waals surface area contributed by atoms with Crippen molar-refractivity contribution >= 4 is 21.6 Å². The maximum Gasteiger partial charge on any atom is 0.259 e. The van der Waals surface area contributed by atoms with Crippen LogP contribution in [0.1, 0.15) is 67.2 Å². The van der Waals surface area contributed by atoms with Crippen LogP contribution in [0.25, 0.3) is 0 Å². The molecule has 36 heavy (non-hydrogen) atoms. The number of nitrogens with one attached hydrogen (secondary N) is 1. The van der Waals surface area contributed by atoms with Gasteiger partial charge in [0.05, 0.1) is 16.5 Å². The van der Waals surface area contributed by atoms with Crippen LogP contribution in [0.5, 0.6) is 5.88 Å². The second-order valence-electron chi connectivity index (χ2n) is 9.74. The van der Waals surface area contributed by atoms with Gasteiger partial charge < -0.3 is 9.64 Å². The van der Waals surface area contributed by atoms with E-state index in [0.717, 1.165) is 23.2 Å². The first-order valence-electron chi connectivity index (χ1n) is 12.2. The Morgan fingerprint density at radius 1 is 1.11 bits per heavy atom. The summed E-state index contributed by atoms with van der Waals surface area (Å²) in [6, 6.07) is 15.7. The number of fused-ring (bicyclic) bond motifs is 1. The summed E-state index contributed by atoms with van der Waals surface area (Å²) >= 11 is 0. The second-order valence-corrected chi connectivity index (χ2v) is 11.5. The Labute approximate surface area is 213 Å². The van der Waals surface area contributed by atoms with Crippen LogP contribution >= 0.6 is 0 Å². The lowest BCUT2D eigenvalue weighted by Crippen LogP contribution is -2.42. The monoisotopic (exact) mass is 507 g/mol. The highest BCUT2D eigenvalue weighted by Crippen LogP contribution is 2.39. The van der Waals surface area contributed by atoms with Gasteiger partial charge in [-0.05, 0) is 70.0 Å². The van der Waals surface area contributed by atoms with Gasteiger partial charge in [-0.2, -0.15) is 0 Å². The van der Waals surface area contributed by atoms with Crippen molar-refractivity contribution in [2.24, 2.45) is 0 Å². The highest BCUT2D eigenvalue weighted by molar-refractivity contribution is 7.89. The van der Waals surface area contributed by atoms with E-state index >= 15 is 0 Å². The van der Waals surface area contributed by atoms with E-state index < -0.39 is 21.7 Å². The summed E-state index contributed by atoms with van der Waals surface area (Å²) < 4.78 is 35.4. The van der Waals surface area contributed by atoms with Crippen LogP contribution in [0.4, 0.5) is 5.69 Å². The zero-order chi connectivity index (χ0) is 26.1. The number of hydrogen-bond donors (Lipinski definition) is 1. The van der Waals surface area contributed by atoms with Crippen LogP contribution < -0.4 is 14.4 Å². The molecule has 0 bridgehead atoms. The van der Waals surface area contributed by atoms with E-state index in [0.29, 0.717) is 30.0 Å². The van der Waals surface area contributed by atoms with Gasteiger partial charge in [-0.15, -0.1) is 0 Å². The molecule has 1 atom stereocenters. The number of nitrogens with zero attached hydrogens (tertiary/aromatic N) is 2. The number of aryl methyl sites for hydroxylation is 2. The summed E-state index contributed by atoms with van der Waals surface area (Å²) in [5, 5.41) is 0. The minimum atomic E-state index is -3.81. The zero-order valence-corrected chi connectivity index (χ0v) is 22.2. The number of pyridine rings is 1. The van der Waals surface area contributed by atoms with Gasteiger partial charge in [0.25, 0.3) is 5.91 Å². The SMILES string of the molecule is CCc1ccc(S(=O)(=O)N[C@H]2CC(C)(C)Oc3ncc(C(=O)N(CC)c4ccc(C)cc4)cc32)cc1. The van der Waals surface area contributed by atoms with Gasteiger partial charge in [0, 0.05) is 30.4 Å². The number of aromatic nitrogens is 1. The molecule has 2 aromatic carbocycles. The Kier molecular flexibility index (Phi) is 7.20. The van der Waals surface area contributed by atoms with Crippen molar-refractivity contribution in [3.05, 3.63) is 83.0 Å². The molecule has 1 aromatic heterocycles. The minimum Gasteiger partial charge on any atom is -0.471 e. The number of rotatable bonds is 7. The number of ether oxygens (including phenoxy) is 1. The van der Waals surface area contributed by atoms with Crippen molar-refractivity contribution in [2.45, 2.75) is 64.0 Å². The molecule has 0 fully saturated rings. The predicted octanol–water partition coefficient (Wildman–Crippen LogP) is 5.20. The Bertz CT molecular complexity index is 1350. The highest BCUT2D eigenvalue weighted by atomic mass is 32.2. The molecule has 0 saturated heterocycles. The van der Waals surface area contributed by atoms with E-state index in [-0.39, 0.29) is 10.8 Å². The average molecular weight is 508 g/mol. The third-order valence-electron chi connectivity index (χ3n) is 6.42. The first-order valence-corrected chi connectivity index (χ1v) is 13.7. The molecule has 190 valence electrons. The van der Waals surface area contributed by atoms with Gasteiger partial charge in [0.2, 0.25) is 15.9 Å². The van der Waals surface area contributed by atoms with Crippen LogP contribution in [0.3, 0.4) is 0 Å². The molecule has 7 nitrogen and oxygen atoms in total. The van der Waals surface area contributed by atoms with Gasteiger partial charge in [-0.3, -0.25) is 4.79 Å². The molecule has 4 rings (SSSR count). The maximum atomic E-state index is 13.5. The number of sulfonamides is 1. The first kappa shape index (κ1) is 25.9. The summed E-state index contributed by atoms with van der Waals surface area (Å²) in [6.45, 7) is 10.2. The second kappa shape index (κ2) is 10.0. The van der Waals surface area contributed by atoms with Crippen molar-refractivity contribution in [1.29, 1.82) is 0 Å². The quantitative estimate of drug-likeness (QED) is 0.475. The van der Waals surface area contributed by atoms with E-state index in [2.05, 4.69) is 9.71 Å². The molecule has 1 amide bonds. The van der Waals surface area contributed by atoms with E-state index in [9.17, 15) is 13.2 Å². The lowest BCUT2D eigenvalue weighted by atomic mass is 9.91. The molecule has 1 aliphatic heterocycles. The summed E-state index contributed by atoms with van der Waals surface area (Å²) in [5.74, 6) is 0.119. The molecule has 0 aliphatic carbocycles. The zero-order valence-electron chi connectivity index (χ0n) is 21.4. The summed E-state index contributed by atoms with van der Waals surface area (Å²) in [5.41, 5.74) is 3.24. The van der Waals surface area contributed by atoms with Crippen molar-refractivity contribution in [2.75, 3.05) is 11.4 Å². The van der Waals surface area contributed by atoms with Crippen molar-refractivity contribution in [3.63, 3.8) is 0 Å². The lowest BCUT2D eigenvalue weighted by molar-refractivity contribution is 0.0640. The van der Waals surface area contributed by atoms with Gasteiger partial charge >= 0.3 is 0 Å². The fourth-order valence-corrected chi connectivity index (χ4v) is 5.63. The number of carbonyl (C=O) groups excluding carboxylic acids is 1. The van der Waals surface area contributed by atoms with E-state index in [4.69, 9.17) is 4.74 Å². The lowest BCUT2D eigenvalue weighted by Gasteiger charge is -2.37. The van der Waals surface area contributed by atoms with Crippen LogP contribution in [0.2, 0.25) is 0 Å². The third kappa shape index (κ3) is 5.44. The van der Waals surface area contributed by atoms with Gasteiger partial charge in [0.15, 0.2) is 0 Å². The van der Waals surface area contributed by atoms with Gasteiger partial charge in [0.1, 0.15) is 5.60 Å². The average Bonchev–Trinajstić information content (AvgIpc) is 2.84. The number of benzene rings is 2. The predicted molar refractivity (Wildman–Crippen MR) is 141 cm³/mol. The standard InChI is InChI=1S/C28H33N3O4S/c1-6-20-10-14-23(15-11-20)36(33,34)30-25-17-28(4,5)35-26-24(25)16-21(18-29-26)27(32)31(7-2)22-12-8-19(3)9-13-22/h8-16,18,25,30H,6-7,17H2,1-5H3/t25-/m0/s1. The molecule has 1 aliphatic rings. The maximum absolute atomic E-state index is 13.5. The Morgan fingerprint density at radius 2 is 1.78 bits per heavy atom. The summed E-state index contributed by atoms with van der Waals surface area (Å²) in [7, 11) is -3.81. The van der Waals surface area contributed by atoms with E-state index in [1.807, 2.05) is 71.0 Å². The molecule has 2 heterocycles. The van der Waals surface area contributed by atoms with Crippen LogP contribution in [0, 0.1) is 6.92 Å². The van der Waals surface area contributed by atoms with E-state index in [1.165, 1.54) is 6.20 Å². The fraction of sp³-hybridized carbons (Fsp3) is 0.357. The van der Waals surface area contributed by atoms with Crippen LogP contribution in [-0.4, -0.2) is 31.5 Å². The van der Waals surface area contributed by atoms with Gasteiger partial charge in [-0.25, -0.2) is 18.1 Å². The minimum absolute atomic E-state index is 0.197. The normalized spacial score (nSPS) is 16.6. The molecule has 0 radical (unpaired) electrons. The molecule has 1 N–H and O–H groups in total. The summed E-state index contributed by atoms with van der Waals surface area (Å²) in [4.78, 5) is 19.8. The molecule has 0 saturated carbocycles. The number of anilines is 1. The number of hydrogen-bond acceptors (Lipinski definition) is 5. The smallest absolute Gasteiger partial charge is 0.259 e. The molecular formula is C28H33N3O4S. The molecule has 8 heteroatoms. The summed E-state index contributed by atoms with van der Waals surface area (Å²) in [6.07, 6.45) is 2.71. The Balaban J connectivity index is 1.68. The topological polar surface area (TPSA) is 88.6 Å². The highest BCUT2D eigenvalue weighted by Gasteiger charge is 2.37. The number of carbonyl (C=O) groups is 1. The Morgan fingerprint density at radius 3 is 2.39 bits per heavy atom. The fourth-order valence-electron chi connectivity index (χ4n) is 4.41. The van der Waals surface area contributed by atoms with Gasteiger partial charge in [-0.1, -0.05) is 36.8 Å². The largest absolute Gasteiger partial charge is 0.471 e. The Hall–Kier alpha value is -3.23. The van der Waals surface area contributed by atoms with Crippen molar-refractivity contribution < 1.29 is 17.9 Å². The molecule has 0 unspecified atom stereocenters. The molecular weight excluding hydrogens is 474 g/mol. The number of amides is 1.